The molecule has 28 heavy (non-hydrogen) atoms. The van der Waals surface area contributed by atoms with Crippen molar-refractivity contribution in [3.05, 3.63) is 82.6 Å². The molecule has 0 unspecified atom stereocenters. The monoisotopic (exact) mass is 395 g/mol. The van der Waals surface area contributed by atoms with Crippen LogP contribution in [0.2, 0.25) is 5.02 Å². The van der Waals surface area contributed by atoms with Crippen molar-refractivity contribution in [2.75, 3.05) is 24.3 Å². The number of amides is 1. The van der Waals surface area contributed by atoms with E-state index in [0.717, 1.165) is 29.0 Å². The van der Waals surface area contributed by atoms with Crippen molar-refractivity contribution in [1.29, 1.82) is 0 Å². The molecule has 0 atom stereocenters. The zero-order valence-electron chi connectivity index (χ0n) is 15.8. The Bertz CT molecular complexity index is 976. The number of rotatable bonds is 7. The Balaban J connectivity index is 1.63. The SMILES string of the molecule is COc1ccccc1CCNc1cncc(C(=O)Nc2cccc(Cl)c2C)c1. The number of hydrogen-bond acceptors (Lipinski definition) is 4. The van der Waals surface area contributed by atoms with Gasteiger partial charge in [-0.05, 0) is 48.7 Å². The number of methoxy groups -OCH3 is 1. The topological polar surface area (TPSA) is 63.2 Å². The number of aromatic nitrogens is 1. The van der Waals surface area contributed by atoms with Crippen LogP contribution in [0.1, 0.15) is 21.5 Å². The first-order valence-corrected chi connectivity index (χ1v) is 9.33. The molecule has 0 saturated carbocycles. The normalized spacial score (nSPS) is 10.4. The number of hydrogen-bond donors (Lipinski definition) is 2. The Kier molecular flexibility index (Phi) is 6.50. The summed E-state index contributed by atoms with van der Waals surface area (Å²) in [4.78, 5) is 16.7. The fourth-order valence-electron chi connectivity index (χ4n) is 2.85. The highest BCUT2D eigenvalue weighted by Crippen LogP contribution is 2.23. The van der Waals surface area contributed by atoms with Gasteiger partial charge in [-0.25, -0.2) is 0 Å². The lowest BCUT2D eigenvalue weighted by molar-refractivity contribution is 0.102. The minimum absolute atomic E-state index is 0.230. The van der Waals surface area contributed by atoms with E-state index in [1.165, 1.54) is 0 Å². The van der Waals surface area contributed by atoms with Crippen LogP contribution in [0.15, 0.2) is 60.9 Å². The van der Waals surface area contributed by atoms with Gasteiger partial charge in [0.05, 0.1) is 18.4 Å². The van der Waals surface area contributed by atoms with E-state index in [2.05, 4.69) is 15.6 Å². The van der Waals surface area contributed by atoms with Crippen molar-refractivity contribution >= 4 is 28.9 Å². The quantitative estimate of drug-likeness (QED) is 0.593. The largest absolute Gasteiger partial charge is 0.496 e. The zero-order chi connectivity index (χ0) is 19.9. The summed E-state index contributed by atoms with van der Waals surface area (Å²) in [5.41, 5.74) is 3.89. The number of pyridine rings is 1. The van der Waals surface area contributed by atoms with Gasteiger partial charge < -0.3 is 15.4 Å². The van der Waals surface area contributed by atoms with E-state index < -0.39 is 0 Å². The Morgan fingerprint density at radius 2 is 1.96 bits per heavy atom. The summed E-state index contributed by atoms with van der Waals surface area (Å²) >= 11 is 6.12. The maximum Gasteiger partial charge on any atom is 0.257 e. The van der Waals surface area contributed by atoms with Gasteiger partial charge in [0.2, 0.25) is 0 Å². The summed E-state index contributed by atoms with van der Waals surface area (Å²) in [6.07, 6.45) is 4.03. The van der Waals surface area contributed by atoms with Gasteiger partial charge in [-0.2, -0.15) is 0 Å². The number of halogens is 1. The van der Waals surface area contributed by atoms with E-state index in [9.17, 15) is 4.79 Å². The molecular weight excluding hydrogens is 374 g/mol. The van der Waals surface area contributed by atoms with Crippen molar-refractivity contribution in [2.24, 2.45) is 0 Å². The first kappa shape index (κ1) is 19.7. The van der Waals surface area contributed by atoms with Gasteiger partial charge in [0.15, 0.2) is 0 Å². The van der Waals surface area contributed by atoms with Crippen LogP contribution in [0.25, 0.3) is 0 Å². The number of carbonyl (C=O) groups excluding carboxylic acids is 1. The Morgan fingerprint density at radius 1 is 1.14 bits per heavy atom. The molecule has 1 aromatic heterocycles. The maximum atomic E-state index is 12.6. The average Bonchev–Trinajstić information content (AvgIpc) is 2.72. The van der Waals surface area contributed by atoms with Crippen LogP contribution in [0, 0.1) is 6.92 Å². The number of benzene rings is 2. The Hall–Kier alpha value is -3.05. The third-order valence-electron chi connectivity index (χ3n) is 4.43. The first-order valence-electron chi connectivity index (χ1n) is 8.96. The predicted molar refractivity (Wildman–Crippen MR) is 114 cm³/mol. The third-order valence-corrected chi connectivity index (χ3v) is 4.84. The molecule has 1 amide bonds. The molecule has 1 heterocycles. The van der Waals surface area contributed by atoms with Gasteiger partial charge in [0, 0.05) is 29.6 Å². The summed E-state index contributed by atoms with van der Waals surface area (Å²) < 4.78 is 5.37. The highest BCUT2D eigenvalue weighted by molar-refractivity contribution is 6.31. The number of ether oxygens (including phenoxy) is 1. The summed E-state index contributed by atoms with van der Waals surface area (Å²) in [5, 5.41) is 6.80. The van der Waals surface area contributed by atoms with Crippen molar-refractivity contribution in [3.8, 4) is 5.75 Å². The molecule has 0 radical (unpaired) electrons. The van der Waals surface area contributed by atoms with E-state index in [1.54, 1.807) is 37.7 Å². The minimum Gasteiger partial charge on any atom is -0.496 e. The molecule has 2 aromatic carbocycles. The molecule has 3 aromatic rings. The van der Waals surface area contributed by atoms with E-state index >= 15 is 0 Å². The fourth-order valence-corrected chi connectivity index (χ4v) is 3.02. The van der Waals surface area contributed by atoms with Crippen molar-refractivity contribution in [2.45, 2.75) is 13.3 Å². The van der Waals surface area contributed by atoms with Crippen LogP contribution in [-0.2, 0) is 6.42 Å². The van der Waals surface area contributed by atoms with E-state index in [1.807, 2.05) is 37.3 Å². The standard InChI is InChI=1S/C22H22ClN3O2/c1-15-19(23)7-5-8-20(15)26-22(27)17-12-18(14-24-13-17)25-11-10-16-6-3-4-9-21(16)28-2/h3-9,12-14,25H,10-11H2,1-2H3,(H,26,27). The van der Waals surface area contributed by atoms with Gasteiger partial charge in [-0.1, -0.05) is 35.9 Å². The lowest BCUT2D eigenvalue weighted by atomic mass is 10.1. The van der Waals surface area contributed by atoms with Crippen LogP contribution in [-0.4, -0.2) is 24.5 Å². The van der Waals surface area contributed by atoms with Gasteiger partial charge in [0.25, 0.3) is 5.91 Å². The van der Waals surface area contributed by atoms with Crippen LogP contribution < -0.4 is 15.4 Å². The highest BCUT2D eigenvalue weighted by atomic mass is 35.5. The fraction of sp³-hybridized carbons (Fsp3) is 0.182. The summed E-state index contributed by atoms with van der Waals surface area (Å²) in [7, 11) is 1.67. The number of nitrogens with one attached hydrogen (secondary N) is 2. The molecular formula is C22H22ClN3O2. The number of para-hydroxylation sites is 1. The Labute approximate surface area is 169 Å². The van der Waals surface area contributed by atoms with E-state index in [4.69, 9.17) is 16.3 Å². The maximum absolute atomic E-state index is 12.6. The molecule has 0 aliphatic carbocycles. The molecule has 0 fully saturated rings. The van der Waals surface area contributed by atoms with E-state index in [-0.39, 0.29) is 5.91 Å². The van der Waals surface area contributed by atoms with Crippen LogP contribution in [0.5, 0.6) is 5.75 Å². The number of carbonyl (C=O) groups is 1. The van der Waals surface area contributed by atoms with Crippen molar-refractivity contribution in [1.82, 2.24) is 4.98 Å². The summed E-state index contributed by atoms with van der Waals surface area (Å²) in [6, 6.07) is 15.1. The Morgan fingerprint density at radius 3 is 2.79 bits per heavy atom. The first-order chi connectivity index (χ1) is 13.6. The van der Waals surface area contributed by atoms with Crippen LogP contribution in [0.4, 0.5) is 11.4 Å². The van der Waals surface area contributed by atoms with Crippen LogP contribution >= 0.6 is 11.6 Å². The van der Waals surface area contributed by atoms with Gasteiger partial charge >= 0.3 is 0 Å². The highest BCUT2D eigenvalue weighted by Gasteiger charge is 2.10. The molecule has 2 N–H and O–H groups in total. The molecule has 3 rings (SSSR count). The molecule has 0 bridgehead atoms. The second-order valence-corrected chi connectivity index (χ2v) is 6.72. The predicted octanol–water partition coefficient (Wildman–Crippen LogP) is 4.96. The molecule has 6 heteroatoms. The summed E-state index contributed by atoms with van der Waals surface area (Å²) in [5.74, 6) is 0.638. The molecule has 0 aliphatic heterocycles. The molecule has 0 spiro atoms. The second kappa shape index (κ2) is 9.24. The zero-order valence-corrected chi connectivity index (χ0v) is 16.6. The van der Waals surface area contributed by atoms with Crippen molar-refractivity contribution < 1.29 is 9.53 Å². The smallest absolute Gasteiger partial charge is 0.257 e. The number of anilines is 2. The number of nitrogens with zero attached hydrogens (tertiary/aromatic N) is 1. The summed E-state index contributed by atoms with van der Waals surface area (Å²) in [6.45, 7) is 2.56. The van der Waals surface area contributed by atoms with Gasteiger partial charge in [0.1, 0.15) is 5.75 Å². The van der Waals surface area contributed by atoms with Gasteiger partial charge in [-0.15, -0.1) is 0 Å². The molecule has 144 valence electrons. The molecule has 0 aliphatic rings. The third kappa shape index (κ3) is 4.81. The van der Waals surface area contributed by atoms with E-state index in [0.29, 0.717) is 22.8 Å². The van der Waals surface area contributed by atoms with Crippen molar-refractivity contribution in [3.63, 3.8) is 0 Å². The second-order valence-electron chi connectivity index (χ2n) is 6.32. The van der Waals surface area contributed by atoms with Crippen LogP contribution in [0.3, 0.4) is 0 Å². The molecule has 5 nitrogen and oxygen atoms in total. The average molecular weight is 396 g/mol. The molecule has 0 saturated heterocycles. The lowest BCUT2D eigenvalue weighted by Crippen LogP contribution is -2.14. The van der Waals surface area contributed by atoms with Gasteiger partial charge in [-0.3, -0.25) is 9.78 Å². The lowest BCUT2D eigenvalue weighted by Gasteiger charge is -2.11. The minimum atomic E-state index is -0.230.